The van der Waals surface area contributed by atoms with E-state index in [1.165, 1.54) is 5.56 Å². The molecule has 0 radical (unpaired) electrons. The molecule has 0 aliphatic rings. The van der Waals surface area contributed by atoms with Crippen LogP contribution in [-0.2, 0) is 6.54 Å². The third-order valence-electron chi connectivity index (χ3n) is 2.42. The van der Waals surface area contributed by atoms with Gasteiger partial charge in [-0.1, -0.05) is 30.3 Å². The summed E-state index contributed by atoms with van der Waals surface area (Å²) >= 11 is 0. The second-order valence-electron chi connectivity index (χ2n) is 4.78. The maximum Gasteiger partial charge on any atom is 0.0529 e. The molecule has 0 bridgehead atoms. The Hall–Kier alpha value is -0.860. The van der Waals surface area contributed by atoms with E-state index in [0.717, 1.165) is 13.0 Å². The summed E-state index contributed by atoms with van der Waals surface area (Å²) in [7, 11) is 0. The summed E-state index contributed by atoms with van der Waals surface area (Å²) in [5.74, 6) is 0. The zero-order valence-electron chi connectivity index (χ0n) is 9.83. The highest BCUT2D eigenvalue weighted by Gasteiger charge is 2.18. The lowest BCUT2D eigenvalue weighted by atomic mass is 9.97. The minimum Gasteiger partial charge on any atom is -0.393 e. The summed E-state index contributed by atoms with van der Waals surface area (Å²) < 4.78 is 0. The maximum absolute atomic E-state index is 9.35. The fourth-order valence-corrected chi connectivity index (χ4v) is 1.75. The molecule has 1 rings (SSSR count). The van der Waals surface area contributed by atoms with Crippen LogP contribution in [0.1, 0.15) is 32.8 Å². The first-order valence-electron chi connectivity index (χ1n) is 5.47. The van der Waals surface area contributed by atoms with Crippen molar-refractivity contribution in [2.45, 2.75) is 45.4 Å². The van der Waals surface area contributed by atoms with Gasteiger partial charge in [0.05, 0.1) is 6.10 Å². The van der Waals surface area contributed by atoms with Gasteiger partial charge < -0.3 is 10.4 Å². The van der Waals surface area contributed by atoms with Gasteiger partial charge in [0.2, 0.25) is 0 Å². The average Bonchev–Trinajstić information content (AvgIpc) is 2.15. The first-order chi connectivity index (χ1) is 6.99. The van der Waals surface area contributed by atoms with Crippen LogP contribution in [0.15, 0.2) is 30.3 Å². The maximum atomic E-state index is 9.35. The van der Waals surface area contributed by atoms with E-state index < -0.39 is 0 Å². The van der Waals surface area contributed by atoms with Crippen molar-refractivity contribution >= 4 is 0 Å². The van der Waals surface area contributed by atoms with Crippen LogP contribution in [0.5, 0.6) is 0 Å². The molecule has 2 N–H and O–H groups in total. The van der Waals surface area contributed by atoms with Gasteiger partial charge in [-0.05, 0) is 32.8 Å². The van der Waals surface area contributed by atoms with Crippen LogP contribution >= 0.6 is 0 Å². The number of aliphatic hydroxyl groups excluding tert-OH is 1. The van der Waals surface area contributed by atoms with E-state index >= 15 is 0 Å². The number of nitrogens with one attached hydrogen (secondary N) is 1. The Morgan fingerprint density at radius 1 is 1.27 bits per heavy atom. The van der Waals surface area contributed by atoms with Crippen LogP contribution in [0.3, 0.4) is 0 Å². The van der Waals surface area contributed by atoms with Crippen molar-refractivity contribution in [3.8, 4) is 0 Å². The summed E-state index contributed by atoms with van der Waals surface area (Å²) in [6.45, 7) is 6.90. The zero-order chi connectivity index (χ0) is 11.3. The van der Waals surface area contributed by atoms with E-state index in [-0.39, 0.29) is 11.6 Å². The van der Waals surface area contributed by atoms with Crippen LogP contribution < -0.4 is 5.32 Å². The van der Waals surface area contributed by atoms with E-state index in [9.17, 15) is 5.11 Å². The Labute approximate surface area is 92.3 Å². The largest absolute Gasteiger partial charge is 0.393 e. The Morgan fingerprint density at radius 2 is 1.87 bits per heavy atom. The number of hydrogen-bond acceptors (Lipinski definition) is 2. The topological polar surface area (TPSA) is 32.3 Å². The molecule has 1 atom stereocenters. The number of rotatable bonds is 5. The summed E-state index contributed by atoms with van der Waals surface area (Å²) in [4.78, 5) is 0. The zero-order valence-corrected chi connectivity index (χ0v) is 9.83. The van der Waals surface area contributed by atoms with E-state index in [0.29, 0.717) is 0 Å². The summed E-state index contributed by atoms with van der Waals surface area (Å²) in [5.41, 5.74) is 1.25. The Morgan fingerprint density at radius 3 is 2.40 bits per heavy atom. The van der Waals surface area contributed by atoms with Crippen LogP contribution in [0.25, 0.3) is 0 Å². The van der Waals surface area contributed by atoms with Gasteiger partial charge in [-0.15, -0.1) is 0 Å². The van der Waals surface area contributed by atoms with Crippen LogP contribution in [0, 0.1) is 0 Å². The minimum absolute atomic E-state index is 0.0238. The number of benzene rings is 1. The van der Waals surface area contributed by atoms with Crippen molar-refractivity contribution in [1.82, 2.24) is 5.32 Å². The molecular weight excluding hydrogens is 186 g/mol. The second-order valence-corrected chi connectivity index (χ2v) is 4.78. The Bertz CT molecular complexity index is 280. The molecule has 1 aromatic rings. The fraction of sp³-hybridized carbons (Fsp3) is 0.538. The molecule has 0 heterocycles. The Kier molecular flexibility index (Phi) is 4.30. The van der Waals surface area contributed by atoms with Crippen molar-refractivity contribution in [1.29, 1.82) is 0 Å². The van der Waals surface area contributed by atoms with E-state index in [2.05, 4.69) is 31.3 Å². The molecule has 0 saturated carbocycles. The molecule has 0 spiro atoms. The highest BCUT2D eigenvalue weighted by atomic mass is 16.3. The summed E-state index contributed by atoms with van der Waals surface area (Å²) in [6, 6.07) is 10.3. The van der Waals surface area contributed by atoms with Gasteiger partial charge in [-0.3, -0.25) is 0 Å². The third kappa shape index (κ3) is 4.96. The lowest BCUT2D eigenvalue weighted by Crippen LogP contribution is -2.41. The molecule has 0 aliphatic carbocycles. The first-order valence-corrected chi connectivity index (χ1v) is 5.47. The van der Waals surface area contributed by atoms with Crippen molar-refractivity contribution in [2.24, 2.45) is 0 Å². The molecule has 2 heteroatoms. The van der Waals surface area contributed by atoms with E-state index in [4.69, 9.17) is 0 Å². The molecule has 2 nitrogen and oxygen atoms in total. The predicted molar refractivity (Wildman–Crippen MR) is 63.7 cm³/mol. The smallest absolute Gasteiger partial charge is 0.0529 e. The van der Waals surface area contributed by atoms with Gasteiger partial charge in [-0.2, -0.15) is 0 Å². The van der Waals surface area contributed by atoms with Gasteiger partial charge in [-0.25, -0.2) is 0 Å². The van der Waals surface area contributed by atoms with Gasteiger partial charge in [0, 0.05) is 12.1 Å². The standard InChI is InChI=1S/C13H21NO/c1-11(15)9-13(2,3)14-10-12-7-5-4-6-8-12/h4-8,11,14-15H,9-10H2,1-3H3/t11-/m1/s1. The number of hydrogen-bond donors (Lipinski definition) is 2. The molecule has 84 valence electrons. The van der Waals surface area contributed by atoms with Crippen LogP contribution in [0.2, 0.25) is 0 Å². The molecular formula is C13H21NO. The molecule has 0 saturated heterocycles. The average molecular weight is 207 g/mol. The third-order valence-corrected chi connectivity index (χ3v) is 2.42. The van der Waals surface area contributed by atoms with Crippen LogP contribution in [0.4, 0.5) is 0 Å². The lowest BCUT2D eigenvalue weighted by Gasteiger charge is -2.27. The molecule has 0 amide bonds. The lowest BCUT2D eigenvalue weighted by molar-refractivity contribution is 0.145. The van der Waals surface area contributed by atoms with E-state index in [1.54, 1.807) is 0 Å². The van der Waals surface area contributed by atoms with Crippen LogP contribution in [-0.4, -0.2) is 16.7 Å². The van der Waals surface area contributed by atoms with Crippen molar-refractivity contribution in [3.63, 3.8) is 0 Å². The fourth-order valence-electron chi connectivity index (χ4n) is 1.75. The van der Waals surface area contributed by atoms with Crippen molar-refractivity contribution < 1.29 is 5.11 Å². The van der Waals surface area contributed by atoms with Gasteiger partial charge in [0.1, 0.15) is 0 Å². The predicted octanol–water partition coefficient (Wildman–Crippen LogP) is 2.33. The van der Waals surface area contributed by atoms with Gasteiger partial charge in [0.25, 0.3) is 0 Å². The molecule has 0 unspecified atom stereocenters. The second kappa shape index (κ2) is 5.29. The summed E-state index contributed by atoms with van der Waals surface area (Å²) in [6.07, 6.45) is 0.503. The van der Waals surface area contributed by atoms with Crippen molar-refractivity contribution in [3.05, 3.63) is 35.9 Å². The highest BCUT2D eigenvalue weighted by molar-refractivity contribution is 5.14. The first kappa shape index (κ1) is 12.2. The molecule has 0 aromatic heterocycles. The number of aliphatic hydroxyl groups is 1. The SMILES string of the molecule is C[C@@H](O)CC(C)(C)NCc1ccccc1. The molecule has 15 heavy (non-hydrogen) atoms. The quantitative estimate of drug-likeness (QED) is 0.776. The Balaban J connectivity index is 2.42. The summed E-state index contributed by atoms with van der Waals surface area (Å²) in [5, 5.41) is 12.8. The highest BCUT2D eigenvalue weighted by Crippen LogP contribution is 2.12. The minimum atomic E-state index is -0.261. The van der Waals surface area contributed by atoms with Gasteiger partial charge >= 0.3 is 0 Å². The van der Waals surface area contributed by atoms with Crippen molar-refractivity contribution in [2.75, 3.05) is 0 Å². The molecule has 0 fully saturated rings. The van der Waals surface area contributed by atoms with E-state index in [1.807, 2.05) is 25.1 Å². The molecule has 0 aliphatic heterocycles. The monoisotopic (exact) mass is 207 g/mol. The van der Waals surface area contributed by atoms with Gasteiger partial charge in [0.15, 0.2) is 0 Å². The molecule has 1 aromatic carbocycles. The normalized spacial score (nSPS) is 13.9.